The molecule has 1 aliphatic carbocycles. The molecule has 0 radical (unpaired) electrons. The van der Waals surface area contributed by atoms with Crippen LogP contribution in [0.2, 0.25) is 0 Å². The quantitative estimate of drug-likeness (QED) is 0.789. The lowest BCUT2D eigenvalue weighted by Crippen LogP contribution is -2.34. The van der Waals surface area contributed by atoms with Gasteiger partial charge in [0.15, 0.2) is 0 Å². The lowest BCUT2D eigenvalue weighted by Gasteiger charge is -2.18. The van der Waals surface area contributed by atoms with Crippen molar-refractivity contribution in [1.29, 1.82) is 0 Å². The average Bonchev–Trinajstić information content (AvgIpc) is 3.04. The maximum Gasteiger partial charge on any atom is 0.0138 e. The molecular formula is C16H25N. The van der Waals surface area contributed by atoms with E-state index in [0.717, 1.165) is 18.4 Å². The van der Waals surface area contributed by atoms with E-state index in [-0.39, 0.29) is 0 Å². The van der Waals surface area contributed by atoms with Crippen LogP contribution in [0.5, 0.6) is 0 Å². The molecule has 0 heterocycles. The Morgan fingerprint density at radius 2 is 1.94 bits per heavy atom. The van der Waals surface area contributed by atoms with Gasteiger partial charge in [-0.05, 0) is 50.1 Å². The zero-order valence-electron chi connectivity index (χ0n) is 11.4. The topological polar surface area (TPSA) is 12.0 Å². The molecule has 1 aromatic rings. The molecular weight excluding hydrogens is 206 g/mol. The molecule has 1 aliphatic rings. The van der Waals surface area contributed by atoms with Gasteiger partial charge in [-0.1, -0.05) is 43.7 Å². The first kappa shape index (κ1) is 12.6. The van der Waals surface area contributed by atoms with Crippen molar-refractivity contribution in [3.63, 3.8) is 0 Å². The highest BCUT2D eigenvalue weighted by molar-refractivity contribution is 5.22. The molecule has 1 fully saturated rings. The van der Waals surface area contributed by atoms with Crippen molar-refractivity contribution in [3.05, 3.63) is 35.4 Å². The fourth-order valence-electron chi connectivity index (χ4n) is 2.59. The van der Waals surface area contributed by atoms with Gasteiger partial charge in [0.1, 0.15) is 0 Å². The number of rotatable bonds is 6. The van der Waals surface area contributed by atoms with Gasteiger partial charge in [-0.15, -0.1) is 0 Å². The summed E-state index contributed by atoms with van der Waals surface area (Å²) >= 11 is 0. The largest absolute Gasteiger partial charge is 0.313 e. The molecule has 0 amide bonds. The standard InChI is InChI=1S/C16H25N/c1-4-9-17-16(15-10-13(15)3)11-14-7-5-12(2)6-8-14/h5-8,13,15-17H,4,9-11H2,1-3H3. The van der Waals surface area contributed by atoms with Crippen molar-refractivity contribution >= 4 is 0 Å². The third-order valence-corrected chi connectivity index (χ3v) is 3.92. The molecule has 1 nitrogen and oxygen atoms in total. The molecule has 1 saturated carbocycles. The summed E-state index contributed by atoms with van der Waals surface area (Å²) in [6.07, 6.45) is 3.83. The Labute approximate surface area is 106 Å². The van der Waals surface area contributed by atoms with Crippen LogP contribution in [0.1, 0.15) is 37.8 Å². The molecule has 0 aromatic heterocycles. The Hall–Kier alpha value is -0.820. The molecule has 0 saturated heterocycles. The zero-order chi connectivity index (χ0) is 12.3. The van der Waals surface area contributed by atoms with Crippen LogP contribution in [0.25, 0.3) is 0 Å². The molecule has 2 rings (SSSR count). The minimum Gasteiger partial charge on any atom is -0.313 e. The number of aryl methyl sites for hydroxylation is 1. The SMILES string of the molecule is CCCNC(Cc1ccc(C)cc1)C1CC1C. The summed E-state index contributed by atoms with van der Waals surface area (Å²) in [5.74, 6) is 1.83. The van der Waals surface area contributed by atoms with Crippen LogP contribution in [-0.2, 0) is 6.42 Å². The first-order valence-corrected chi connectivity index (χ1v) is 6.99. The van der Waals surface area contributed by atoms with E-state index in [9.17, 15) is 0 Å². The van der Waals surface area contributed by atoms with E-state index in [1.54, 1.807) is 0 Å². The van der Waals surface area contributed by atoms with Gasteiger partial charge in [0.25, 0.3) is 0 Å². The van der Waals surface area contributed by atoms with E-state index < -0.39 is 0 Å². The van der Waals surface area contributed by atoms with E-state index in [0.29, 0.717) is 6.04 Å². The second-order valence-electron chi connectivity index (χ2n) is 5.63. The van der Waals surface area contributed by atoms with Gasteiger partial charge in [-0.3, -0.25) is 0 Å². The van der Waals surface area contributed by atoms with Crippen LogP contribution < -0.4 is 5.32 Å². The molecule has 0 aliphatic heterocycles. The third kappa shape index (κ3) is 3.57. The lowest BCUT2D eigenvalue weighted by atomic mass is 10.00. The van der Waals surface area contributed by atoms with Crippen LogP contribution >= 0.6 is 0 Å². The highest BCUT2D eigenvalue weighted by Crippen LogP contribution is 2.41. The first-order valence-electron chi connectivity index (χ1n) is 6.99. The normalized spacial score (nSPS) is 24.6. The highest BCUT2D eigenvalue weighted by atomic mass is 14.9. The monoisotopic (exact) mass is 231 g/mol. The Bertz CT molecular complexity index is 341. The molecule has 94 valence electrons. The minimum absolute atomic E-state index is 0.688. The second kappa shape index (κ2) is 5.68. The maximum atomic E-state index is 3.72. The summed E-state index contributed by atoms with van der Waals surface area (Å²) in [6, 6.07) is 9.70. The van der Waals surface area contributed by atoms with Crippen LogP contribution in [-0.4, -0.2) is 12.6 Å². The Morgan fingerprint density at radius 1 is 1.29 bits per heavy atom. The summed E-state index contributed by atoms with van der Waals surface area (Å²) in [6.45, 7) is 7.92. The average molecular weight is 231 g/mol. The van der Waals surface area contributed by atoms with Crippen molar-refractivity contribution in [1.82, 2.24) is 5.32 Å². The number of benzene rings is 1. The van der Waals surface area contributed by atoms with E-state index in [1.165, 1.54) is 30.4 Å². The van der Waals surface area contributed by atoms with Crippen LogP contribution in [0.15, 0.2) is 24.3 Å². The third-order valence-electron chi connectivity index (χ3n) is 3.92. The minimum atomic E-state index is 0.688. The predicted octanol–water partition coefficient (Wildman–Crippen LogP) is 3.56. The summed E-state index contributed by atoms with van der Waals surface area (Å²) in [4.78, 5) is 0. The van der Waals surface area contributed by atoms with Crippen molar-refractivity contribution < 1.29 is 0 Å². The first-order chi connectivity index (χ1) is 8.20. The predicted molar refractivity (Wildman–Crippen MR) is 74.2 cm³/mol. The smallest absolute Gasteiger partial charge is 0.0138 e. The van der Waals surface area contributed by atoms with Gasteiger partial charge in [-0.25, -0.2) is 0 Å². The number of hydrogen-bond acceptors (Lipinski definition) is 1. The summed E-state index contributed by atoms with van der Waals surface area (Å²) in [7, 11) is 0. The van der Waals surface area contributed by atoms with E-state index in [2.05, 4.69) is 50.4 Å². The molecule has 3 unspecified atom stereocenters. The summed E-state index contributed by atoms with van der Waals surface area (Å²) in [5, 5.41) is 3.72. The molecule has 1 aromatic carbocycles. The maximum absolute atomic E-state index is 3.72. The van der Waals surface area contributed by atoms with Crippen molar-refractivity contribution in [3.8, 4) is 0 Å². The van der Waals surface area contributed by atoms with Crippen molar-refractivity contribution in [2.45, 2.75) is 46.1 Å². The zero-order valence-corrected chi connectivity index (χ0v) is 11.4. The van der Waals surface area contributed by atoms with Gasteiger partial charge in [0, 0.05) is 6.04 Å². The lowest BCUT2D eigenvalue weighted by molar-refractivity contribution is 0.443. The molecule has 17 heavy (non-hydrogen) atoms. The Kier molecular flexibility index (Phi) is 4.22. The van der Waals surface area contributed by atoms with Gasteiger partial charge < -0.3 is 5.32 Å². The van der Waals surface area contributed by atoms with Gasteiger partial charge in [0.05, 0.1) is 0 Å². The fourth-order valence-corrected chi connectivity index (χ4v) is 2.59. The second-order valence-corrected chi connectivity index (χ2v) is 5.63. The van der Waals surface area contributed by atoms with E-state index in [1.807, 2.05) is 0 Å². The van der Waals surface area contributed by atoms with Crippen molar-refractivity contribution in [2.24, 2.45) is 11.8 Å². The van der Waals surface area contributed by atoms with Gasteiger partial charge in [-0.2, -0.15) is 0 Å². The van der Waals surface area contributed by atoms with Crippen LogP contribution in [0, 0.1) is 18.8 Å². The molecule has 0 spiro atoms. The molecule has 3 atom stereocenters. The molecule has 1 heteroatoms. The summed E-state index contributed by atoms with van der Waals surface area (Å²) in [5.41, 5.74) is 2.83. The summed E-state index contributed by atoms with van der Waals surface area (Å²) < 4.78 is 0. The number of nitrogens with one attached hydrogen (secondary N) is 1. The van der Waals surface area contributed by atoms with E-state index >= 15 is 0 Å². The molecule has 0 bridgehead atoms. The van der Waals surface area contributed by atoms with Gasteiger partial charge in [0.2, 0.25) is 0 Å². The molecule has 1 N–H and O–H groups in total. The van der Waals surface area contributed by atoms with Gasteiger partial charge >= 0.3 is 0 Å². The van der Waals surface area contributed by atoms with Crippen LogP contribution in [0.4, 0.5) is 0 Å². The van der Waals surface area contributed by atoms with Crippen LogP contribution in [0.3, 0.4) is 0 Å². The fraction of sp³-hybridized carbons (Fsp3) is 0.625. The van der Waals surface area contributed by atoms with E-state index in [4.69, 9.17) is 0 Å². The highest BCUT2D eigenvalue weighted by Gasteiger charge is 2.38. The van der Waals surface area contributed by atoms with Crippen molar-refractivity contribution in [2.75, 3.05) is 6.54 Å². The Morgan fingerprint density at radius 3 is 2.47 bits per heavy atom. The Balaban J connectivity index is 1.94. The number of hydrogen-bond donors (Lipinski definition) is 1.